The van der Waals surface area contributed by atoms with E-state index in [-0.39, 0.29) is 5.91 Å². The monoisotopic (exact) mass is 387 g/mol. The molecule has 0 aliphatic carbocycles. The van der Waals surface area contributed by atoms with E-state index >= 15 is 0 Å². The molecule has 3 aromatic carbocycles. The van der Waals surface area contributed by atoms with Crippen molar-refractivity contribution in [2.24, 2.45) is 0 Å². The van der Waals surface area contributed by atoms with E-state index in [1.165, 1.54) is 0 Å². The van der Waals surface area contributed by atoms with Crippen LogP contribution >= 0.6 is 7.14 Å². The maximum Gasteiger partial charge on any atom is 0.252 e. The van der Waals surface area contributed by atoms with Crippen molar-refractivity contribution in [2.75, 3.05) is 0 Å². The number of amides is 1. The second kappa shape index (κ2) is 7.61. The highest BCUT2D eigenvalue weighted by Crippen LogP contribution is 2.53. The van der Waals surface area contributed by atoms with Gasteiger partial charge in [-0.3, -0.25) is 4.79 Å². The lowest BCUT2D eigenvalue weighted by Gasteiger charge is -2.27. The van der Waals surface area contributed by atoms with E-state index in [0.29, 0.717) is 12.0 Å². The Bertz CT molecular complexity index is 1020. The molecule has 1 aliphatic heterocycles. The number of benzene rings is 3. The fourth-order valence-electron chi connectivity index (χ4n) is 3.91. The van der Waals surface area contributed by atoms with Crippen LogP contribution in [0.4, 0.5) is 0 Å². The summed E-state index contributed by atoms with van der Waals surface area (Å²) in [7, 11) is -3.13. The van der Waals surface area contributed by atoms with Gasteiger partial charge in [0.1, 0.15) is 5.78 Å². The first-order chi connectivity index (χ1) is 13.7. The third kappa shape index (κ3) is 3.02. The average molecular weight is 387 g/mol. The van der Waals surface area contributed by atoms with E-state index in [9.17, 15) is 9.36 Å². The van der Waals surface area contributed by atoms with Crippen LogP contribution < -0.4 is 15.9 Å². The topological polar surface area (TPSA) is 46.2 Å². The molecule has 0 fully saturated rings. The third-order valence-electron chi connectivity index (χ3n) is 5.23. The molecule has 0 bridgehead atoms. The first kappa shape index (κ1) is 18.5. The number of carbonyl (C=O) groups excluding carboxylic acids is 1. The zero-order valence-corrected chi connectivity index (χ0v) is 16.6. The molecular weight excluding hydrogens is 365 g/mol. The highest BCUT2D eigenvalue weighted by Gasteiger charge is 2.45. The van der Waals surface area contributed by atoms with Gasteiger partial charge in [-0.1, -0.05) is 97.9 Å². The second-order valence-electron chi connectivity index (χ2n) is 6.82. The number of hydrogen-bond acceptors (Lipinski definition) is 2. The predicted octanol–water partition coefficient (Wildman–Crippen LogP) is 4.32. The molecule has 140 valence electrons. The van der Waals surface area contributed by atoms with Crippen molar-refractivity contribution in [3.8, 4) is 0 Å². The summed E-state index contributed by atoms with van der Waals surface area (Å²) in [6.45, 7) is 2.02. The van der Waals surface area contributed by atoms with Crippen LogP contribution in [0.2, 0.25) is 0 Å². The predicted molar refractivity (Wildman–Crippen MR) is 115 cm³/mol. The van der Waals surface area contributed by atoms with Crippen molar-refractivity contribution < 1.29 is 9.36 Å². The van der Waals surface area contributed by atoms with Gasteiger partial charge in [-0.25, -0.2) is 0 Å². The average Bonchev–Trinajstić information content (AvgIpc) is 3.11. The Balaban J connectivity index is 1.94. The summed E-state index contributed by atoms with van der Waals surface area (Å²) in [5.41, 5.74) is 2.43. The van der Waals surface area contributed by atoms with Crippen molar-refractivity contribution in [1.82, 2.24) is 5.32 Å². The van der Waals surface area contributed by atoms with Crippen LogP contribution in [0.25, 0.3) is 5.57 Å². The summed E-state index contributed by atoms with van der Waals surface area (Å²) in [4.78, 5) is 13.0. The largest absolute Gasteiger partial charge is 0.338 e. The third-order valence-corrected chi connectivity index (χ3v) is 8.53. The zero-order valence-electron chi connectivity index (χ0n) is 15.7. The molecule has 28 heavy (non-hydrogen) atoms. The standard InChI is InChI=1S/C24H22NO2P/c1-2-21-22(18-12-6-3-7-13-18)23(26)25-24(21)28(27,19-14-8-4-9-15-19)20-16-10-5-11-17-20/h3-17,24H,2H2,1H3,(H,25,26). The molecule has 1 aliphatic rings. The van der Waals surface area contributed by atoms with Gasteiger partial charge in [-0.05, 0) is 17.6 Å². The van der Waals surface area contributed by atoms with Gasteiger partial charge in [0.25, 0.3) is 5.91 Å². The molecule has 0 aromatic heterocycles. The second-order valence-corrected chi connectivity index (χ2v) is 9.69. The van der Waals surface area contributed by atoms with Crippen LogP contribution in [0.3, 0.4) is 0 Å². The fourth-order valence-corrected chi connectivity index (χ4v) is 7.09. The van der Waals surface area contributed by atoms with Gasteiger partial charge in [0.05, 0.1) is 0 Å². The minimum atomic E-state index is -3.13. The molecule has 1 unspecified atom stereocenters. The molecule has 1 amide bonds. The Morgan fingerprint density at radius 2 is 1.25 bits per heavy atom. The van der Waals surface area contributed by atoms with E-state index in [1.807, 2.05) is 97.9 Å². The maximum absolute atomic E-state index is 14.7. The van der Waals surface area contributed by atoms with Crippen LogP contribution in [0.1, 0.15) is 18.9 Å². The number of rotatable bonds is 5. The lowest BCUT2D eigenvalue weighted by atomic mass is 10.0. The molecule has 4 rings (SSSR count). The highest BCUT2D eigenvalue weighted by atomic mass is 31.2. The van der Waals surface area contributed by atoms with Crippen LogP contribution in [0.5, 0.6) is 0 Å². The van der Waals surface area contributed by atoms with E-state index in [2.05, 4.69) is 5.32 Å². The molecule has 4 heteroatoms. The summed E-state index contributed by atoms with van der Waals surface area (Å²) < 4.78 is 14.7. The summed E-state index contributed by atoms with van der Waals surface area (Å²) >= 11 is 0. The molecular formula is C24H22NO2P. The summed E-state index contributed by atoms with van der Waals surface area (Å²) in [6.07, 6.45) is 0.650. The van der Waals surface area contributed by atoms with Gasteiger partial charge in [0, 0.05) is 16.2 Å². The highest BCUT2D eigenvalue weighted by molar-refractivity contribution is 7.79. The Hall–Kier alpha value is -2.90. The SMILES string of the molecule is CCC1=C(c2ccccc2)C(=O)NC1P(=O)(c1ccccc1)c1ccccc1. The number of carbonyl (C=O) groups is 1. The first-order valence-corrected chi connectivity index (χ1v) is 11.2. The number of nitrogens with one attached hydrogen (secondary N) is 1. The molecule has 1 N–H and O–H groups in total. The van der Waals surface area contributed by atoms with Crippen LogP contribution in [-0.2, 0) is 9.36 Å². The lowest BCUT2D eigenvalue weighted by molar-refractivity contribution is -0.115. The van der Waals surface area contributed by atoms with Crippen molar-refractivity contribution in [3.63, 3.8) is 0 Å². The van der Waals surface area contributed by atoms with Gasteiger partial charge < -0.3 is 9.88 Å². The Kier molecular flexibility index (Phi) is 5.02. The van der Waals surface area contributed by atoms with Crippen LogP contribution in [0.15, 0.2) is 96.6 Å². The van der Waals surface area contributed by atoms with E-state index in [0.717, 1.165) is 21.7 Å². The summed E-state index contributed by atoms with van der Waals surface area (Å²) in [5.74, 6) is -0.690. The first-order valence-electron chi connectivity index (χ1n) is 9.46. The molecule has 0 saturated heterocycles. The molecule has 3 aromatic rings. The Morgan fingerprint density at radius 3 is 1.71 bits per heavy atom. The normalized spacial score (nSPS) is 16.9. The van der Waals surface area contributed by atoms with Gasteiger partial charge in [0.2, 0.25) is 0 Å². The van der Waals surface area contributed by atoms with Crippen molar-refractivity contribution in [2.45, 2.75) is 19.1 Å². The summed E-state index contributed by atoms with van der Waals surface area (Å²) in [5, 5.41) is 4.58. The zero-order chi connectivity index (χ0) is 19.6. The molecule has 0 saturated carbocycles. The van der Waals surface area contributed by atoms with Gasteiger partial charge in [-0.2, -0.15) is 0 Å². The van der Waals surface area contributed by atoms with Gasteiger partial charge in [0.15, 0.2) is 7.14 Å². The van der Waals surface area contributed by atoms with Gasteiger partial charge in [-0.15, -0.1) is 0 Å². The van der Waals surface area contributed by atoms with Crippen LogP contribution in [0, 0.1) is 0 Å². The van der Waals surface area contributed by atoms with E-state index < -0.39 is 12.9 Å². The quantitative estimate of drug-likeness (QED) is 0.663. The molecule has 1 atom stereocenters. The smallest absolute Gasteiger partial charge is 0.252 e. The van der Waals surface area contributed by atoms with E-state index in [4.69, 9.17) is 0 Å². The van der Waals surface area contributed by atoms with Crippen molar-refractivity contribution in [1.29, 1.82) is 0 Å². The minimum absolute atomic E-state index is 0.153. The Morgan fingerprint density at radius 1 is 0.786 bits per heavy atom. The molecule has 1 heterocycles. The fraction of sp³-hybridized carbons (Fsp3) is 0.125. The van der Waals surface area contributed by atoms with Gasteiger partial charge >= 0.3 is 0 Å². The Labute approximate surface area is 165 Å². The van der Waals surface area contributed by atoms with Crippen molar-refractivity contribution in [3.05, 3.63) is 102 Å². The maximum atomic E-state index is 14.7. The van der Waals surface area contributed by atoms with E-state index in [1.54, 1.807) is 0 Å². The van der Waals surface area contributed by atoms with Crippen molar-refractivity contribution >= 4 is 29.2 Å². The molecule has 0 spiro atoms. The summed E-state index contributed by atoms with van der Waals surface area (Å²) in [6, 6.07) is 28.6. The molecule has 3 nitrogen and oxygen atoms in total. The lowest BCUT2D eigenvalue weighted by Crippen LogP contribution is -2.36. The molecule has 0 radical (unpaired) electrons. The number of hydrogen-bond donors (Lipinski definition) is 1. The minimum Gasteiger partial charge on any atom is -0.338 e. The van der Waals surface area contributed by atoms with Crippen LogP contribution in [-0.4, -0.2) is 11.7 Å².